The predicted octanol–water partition coefficient (Wildman–Crippen LogP) is 4.07. The Morgan fingerprint density at radius 1 is 0.941 bits per heavy atom. The Morgan fingerprint density at radius 3 is 2.29 bits per heavy atom. The number of carbonyl (C=O) groups is 2. The van der Waals surface area contributed by atoms with E-state index in [1.54, 1.807) is 25.4 Å². The number of Topliss-reactive ketones (excluding diaryl/α,β-unsaturated/α-hetero) is 1. The largest absolute Gasteiger partial charge is 0.497 e. The fourth-order valence-corrected chi connectivity index (χ4v) is 5.87. The average Bonchev–Trinajstić information content (AvgIpc) is 3.32. The lowest BCUT2D eigenvalue weighted by Crippen LogP contribution is -2.51. The zero-order chi connectivity index (χ0) is 23.7. The summed E-state index contributed by atoms with van der Waals surface area (Å²) < 4.78 is 6.45. The summed E-state index contributed by atoms with van der Waals surface area (Å²) in [5.74, 6) is 1.31. The number of fused-ring (bicyclic) bond motifs is 1. The molecular formula is C26H30N4O3S. The molecule has 2 aliphatic rings. The standard InChI is InChI=1S/C26H30N4O3S/c1-18(31)19-3-5-21(6-4-19)28-13-15-29(16-14-28)25(32)20-9-11-30(12-10-20)26-27-23-8-7-22(33-2)17-24(23)34-26/h3-8,17,20H,9-16H2,1-2H3. The number of piperazine rings is 1. The number of hydrogen-bond donors (Lipinski definition) is 0. The summed E-state index contributed by atoms with van der Waals surface area (Å²) in [5, 5.41) is 1.03. The number of thiazole rings is 1. The van der Waals surface area contributed by atoms with E-state index >= 15 is 0 Å². The van der Waals surface area contributed by atoms with Crippen molar-refractivity contribution in [2.45, 2.75) is 19.8 Å². The lowest BCUT2D eigenvalue weighted by molar-refractivity contribution is -0.136. The highest BCUT2D eigenvalue weighted by Crippen LogP contribution is 2.34. The first-order valence-electron chi connectivity index (χ1n) is 11.9. The SMILES string of the molecule is COc1ccc2nc(N3CCC(C(=O)N4CCN(c5ccc(C(C)=O)cc5)CC4)CC3)sc2c1. The summed E-state index contributed by atoms with van der Waals surface area (Å²) in [4.78, 5) is 36.1. The lowest BCUT2D eigenvalue weighted by Gasteiger charge is -2.39. The maximum absolute atomic E-state index is 13.2. The number of amides is 1. The van der Waals surface area contributed by atoms with Crippen molar-refractivity contribution in [2.24, 2.45) is 5.92 Å². The highest BCUT2D eigenvalue weighted by molar-refractivity contribution is 7.22. The van der Waals surface area contributed by atoms with Crippen molar-refractivity contribution in [1.82, 2.24) is 9.88 Å². The second kappa shape index (κ2) is 9.62. The molecule has 0 N–H and O–H groups in total. The molecule has 0 aliphatic carbocycles. The van der Waals surface area contributed by atoms with E-state index in [2.05, 4.69) is 9.80 Å². The van der Waals surface area contributed by atoms with Crippen LogP contribution < -0.4 is 14.5 Å². The molecule has 0 atom stereocenters. The Morgan fingerprint density at radius 2 is 1.65 bits per heavy atom. The van der Waals surface area contributed by atoms with Crippen molar-refractivity contribution in [2.75, 3.05) is 56.2 Å². The average molecular weight is 479 g/mol. The summed E-state index contributed by atoms with van der Waals surface area (Å²) in [5.41, 5.74) is 2.83. The molecule has 1 amide bonds. The van der Waals surface area contributed by atoms with Crippen molar-refractivity contribution >= 4 is 44.1 Å². The fourth-order valence-electron chi connectivity index (χ4n) is 4.82. The quantitative estimate of drug-likeness (QED) is 0.515. The van der Waals surface area contributed by atoms with Gasteiger partial charge in [-0.3, -0.25) is 9.59 Å². The topological polar surface area (TPSA) is 66.0 Å². The Hall–Kier alpha value is -3.13. The van der Waals surface area contributed by atoms with E-state index in [-0.39, 0.29) is 11.7 Å². The number of carbonyl (C=O) groups excluding carboxylic acids is 2. The number of aromatic nitrogens is 1. The number of methoxy groups -OCH3 is 1. The molecule has 5 rings (SSSR count). The van der Waals surface area contributed by atoms with Crippen LogP contribution in [0.1, 0.15) is 30.1 Å². The molecule has 0 radical (unpaired) electrons. The van der Waals surface area contributed by atoms with Crippen molar-refractivity contribution in [1.29, 1.82) is 0 Å². The highest BCUT2D eigenvalue weighted by Gasteiger charge is 2.31. The van der Waals surface area contributed by atoms with E-state index < -0.39 is 0 Å². The second-order valence-electron chi connectivity index (χ2n) is 9.01. The van der Waals surface area contributed by atoms with Crippen LogP contribution in [0.4, 0.5) is 10.8 Å². The minimum atomic E-state index is 0.0800. The van der Waals surface area contributed by atoms with Gasteiger partial charge in [-0.05, 0) is 62.2 Å². The Labute approximate surface area is 203 Å². The van der Waals surface area contributed by atoms with E-state index in [4.69, 9.17) is 9.72 Å². The Balaban J connectivity index is 1.14. The second-order valence-corrected chi connectivity index (χ2v) is 10.0. The lowest BCUT2D eigenvalue weighted by atomic mass is 9.95. The van der Waals surface area contributed by atoms with Crippen LogP contribution in [0.3, 0.4) is 0 Å². The van der Waals surface area contributed by atoms with Crippen LogP contribution in [0.15, 0.2) is 42.5 Å². The van der Waals surface area contributed by atoms with Gasteiger partial charge in [-0.15, -0.1) is 0 Å². The maximum Gasteiger partial charge on any atom is 0.225 e. The van der Waals surface area contributed by atoms with Crippen LogP contribution in [0.25, 0.3) is 10.2 Å². The normalized spacial score (nSPS) is 17.3. The zero-order valence-electron chi connectivity index (χ0n) is 19.7. The summed E-state index contributed by atoms with van der Waals surface area (Å²) in [6, 6.07) is 13.7. The summed E-state index contributed by atoms with van der Waals surface area (Å²) in [6.07, 6.45) is 1.73. The van der Waals surface area contributed by atoms with Gasteiger partial charge in [0, 0.05) is 56.4 Å². The van der Waals surface area contributed by atoms with Gasteiger partial charge in [0.15, 0.2) is 10.9 Å². The highest BCUT2D eigenvalue weighted by atomic mass is 32.1. The molecule has 3 aromatic rings. The number of nitrogens with zero attached hydrogens (tertiary/aromatic N) is 4. The third kappa shape index (κ3) is 4.59. The molecule has 2 aliphatic heterocycles. The van der Waals surface area contributed by atoms with Crippen molar-refractivity contribution in [3.05, 3.63) is 48.0 Å². The molecule has 8 heteroatoms. The zero-order valence-corrected chi connectivity index (χ0v) is 20.5. The predicted molar refractivity (Wildman–Crippen MR) is 136 cm³/mol. The minimum absolute atomic E-state index is 0.0800. The molecule has 7 nitrogen and oxygen atoms in total. The monoisotopic (exact) mass is 478 g/mol. The van der Waals surface area contributed by atoms with E-state index in [9.17, 15) is 9.59 Å². The van der Waals surface area contributed by atoms with Gasteiger partial charge in [-0.1, -0.05) is 11.3 Å². The molecule has 2 saturated heterocycles. The van der Waals surface area contributed by atoms with Crippen LogP contribution in [-0.4, -0.2) is 68.0 Å². The van der Waals surface area contributed by atoms with Gasteiger partial charge in [0.05, 0.1) is 17.3 Å². The van der Waals surface area contributed by atoms with Crippen LogP contribution >= 0.6 is 11.3 Å². The summed E-state index contributed by atoms with van der Waals surface area (Å²) >= 11 is 1.69. The van der Waals surface area contributed by atoms with Crippen LogP contribution in [0.5, 0.6) is 5.75 Å². The number of ketones is 1. The molecule has 178 valence electrons. The Kier molecular flexibility index (Phi) is 6.41. The molecule has 1 aromatic heterocycles. The summed E-state index contributed by atoms with van der Waals surface area (Å²) in [6.45, 7) is 6.42. The van der Waals surface area contributed by atoms with Crippen LogP contribution in [-0.2, 0) is 4.79 Å². The first kappa shape index (κ1) is 22.7. The molecule has 3 heterocycles. The number of ether oxygens (including phenoxy) is 1. The fraction of sp³-hybridized carbons (Fsp3) is 0.423. The van der Waals surface area contributed by atoms with Gasteiger partial charge in [0.1, 0.15) is 5.75 Å². The van der Waals surface area contributed by atoms with Gasteiger partial charge >= 0.3 is 0 Å². The van der Waals surface area contributed by atoms with Crippen molar-refractivity contribution in [3.63, 3.8) is 0 Å². The van der Waals surface area contributed by atoms with Crippen LogP contribution in [0.2, 0.25) is 0 Å². The maximum atomic E-state index is 13.2. The minimum Gasteiger partial charge on any atom is -0.497 e. The van der Waals surface area contributed by atoms with E-state index in [0.29, 0.717) is 5.91 Å². The number of piperidine rings is 1. The number of rotatable bonds is 5. The molecule has 0 saturated carbocycles. The molecule has 2 fully saturated rings. The first-order valence-corrected chi connectivity index (χ1v) is 12.7. The van der Waals surface area contributed by atoms with Crippen molar-refractivity contribution in [3.8, 4) is 5.75 Å². The molecule has 34 heavy (non-hydrogen) atoms. The van der Waals surface area contributed by atoms with Crippen LogP contribution in [0, 0.1) is 5.92 Å². The summed E-state index contributed by atoms with van der Waals surface area (Å²) in [7, 11) is 1.68. The molecule has 0 bridgehead atoms. The number of benzene rings is 2. The number of anilines is 2. The van der Waals surface area contributed by atoms with Gasteiger partial charge in [-0.25, -0.2) is 4.98 Å². The van der Waals surface area contributed by atoms with E-state index in [1.165, 1.54) is 0 Å². The van der Waals surface area contributed by atoms with E-state index in [1.807, 2.05) is 47.4 Å². The van der Waals surface area contributed by atoms with Gasteiger partial charge in [0.2, 0.25) is 5.91 Å². The molecule has 0 spiro atoms. The first-order chi connectivity index (χ1) is 16.5. The third-order valence-electron chi connectivity index (χ3n) is 6.93. The molecule has 0 unspecified atom stereocenters. The van der Waals surface area contributed by atoms with Gasteiger partial charge in [0.25, 0.3) is 0 Å². The molecular weight excluding hydrogens is 448 g/mol. The molecule has 2 aromatic carbocycles. The van der Waals surface area contributed by atoms with E-state index in [0.717, 1.165) is 84.5 Å². The van der Waals surface area contributed by atoms with Gasteiger partial charge < -0.3 is 19.4 Å². The smallest absolute Gasteiger partial charge is 0.225 e. The van der Waals surface area contributed by atoms with Gasteiger partial charge in [-0.2, -0.15) is 0 Å². The van der Waals surface area contributed by atoms with Crippen molar-refractivity contribution < 1.29 is 14.3 Å². The third-order valence-corrected chi connectivity index (χ3v) is 8.01. The number of hydrogen-bond acceptors (Lipinski definition) is 7. The Bertz CT molecular complexity index is 1180.